The van der Waals surface area contributed by atoms with E-state index in [4.69, 9.17) is 0 Å². The number of aldehydes is 1. The lowest BCUT2D eigenvalue weighted by Gasteiger charge is -2.18. The van der Waals surface area contributed by atoms with Crippen molar-refractivity contribution < 1.29 is 9.59 Å². The number of anilines is 1. The van der Waals surface area contributed by atoms with Gasteiger partial charge in [-0.2, -0.15) is 0 Å². The molecule has 0 aliphatic carbocycles. The van der Waals surface area contributed by atoms with E-state index in [-0.39, 0.29) is 12.5 Å². The molecule has 0 radical (unpaired) electrons. The number of hydrogen-bond acceptors (Lipinski definition) is 2. The Bertz CT molecular complexity index is 881. The highest BCUT2D eigenvalue weighted by Gasteiger charge is 2.16. The zero-order valence-electron chi connectivity index (χ0n) is 13.9. The van der Waals surface area contributed by atoms with Crippen LogP contribution < -0.4 is 4.90 Å². The predicted octanol–water partition coefficient (Wildman–Crippen LogP) is 3.68. The smallest absolute Gasteiger partial charge is 0.246 e. The summed E-state index contributed by atoms with van der Waals surface area (Å²) in [7, 11) is 1.77. The molecule has 2 aromatic carbocycles. The van der Waals surface area contributed by atoms with E-state index in [1.165, 1.54) is 0 Å². The Morgan fingerprint density at radius 2 is 1.88 bits per heavy atom. The van der Waals surface area contributed by atoms with Crippen molar-refractivity contribution >= 4 is 28.8 Å². The molecule has 0 fully saturated rings. The molecule has 0 aliphatic heterocycles. The van der Waals surface area contributed by atoms with Gasteiger partial charge in [0.1, 0.15) is 6.54 Å². The molecule has 0 saturated heterocycles. The first-order chi connectivity index (χ1) is 11.7. The third-order valence-electron chi connectivity index (χ3n) is 4.34. The molecule has 24 heavy (non-hydrogen) atoms. The monoisotopic (exact) mass is 320 g/mol. The molecular formula is C20H20N2O2. The zero-order chi connectivity index (χ0) is 17.1. The average molecular weight is 320 g/mol. The van der Waals surface area contributed by atoms with E-state index in [2.05, 4.69) is 6.92 Å². The van der Waals surface area contributed by atoms with Gasteiger partial charge in [0, 0.05) is 29.9 Å². The van der Waals surface area contributed by atoms with Gasteiger partial charge in [0.05, 0.1) is 5.52 Å². The summed E-state index contributed by atoms with van der Waals surface area (Å²) in [4.78, 5) is 25.7. The van der Waals surface area contributed by atoms with Gasteiger partial charge < -0.3 is 9.47 Å². The van der Waals surface area contributed by atoms with Gasteiger partial charge in [0.25, 0.3) is 0 Å². The molecule has 1 aromatic heterocycles. The summed E-state index contributed by atoms with van der Waals surface area (Å²) in [6.07, 6.45) is 3.47. The first-order valence-corrected chi connectivity index (χ1v) is 8.03. The average Bonchev–Trinajstić information content (AvgIpc) is 2.99. The quantitative estimate of drug-likeness (QED) is 0.673. The van der Waals surface area contributed by atoms with Gasteiger partial charge in [-0.3, -0.25) is 9.59 Å². The molecule has 3 aromatic rings. The highest BCUT2D eigenvalue weighted by Crippen LogP contribution is 2.25. The van der Waals surface area contributed by atoms with Crippen LogP contribution in [0, 0.1) is 0 Å². The maximum atomic E-state index is 12.7. The van der Waals surface area contributed by atoms with Crippen LogP contribution in [0.3, 0.4) is 0 Å². The summed E-state index contributed by atoms with van der Waals surface area (Å²) in [5.74, 6) is -0.0264. The Labute approximate surface area is 141 Å². The van der Waals surface area contributed by atoms with Gasteiger partial charge in [-0.15, -0.1) is 0 Å². The van der Waals surface area contributed by atoms with Gasteiger partial charge in [0.15, 0.2) is 6.29 Å². The molecule has 3 rings (SSSR count). The third-order valence-corrected chi connectivity index (χ3v) is 4.34. The SMILES string of the molecule is CCc1cccc2c(C=O)cn(CC(=O)N(C)c3ccccc3)c12. The standard InChI is InChI=1S/C20H20N2O2/c1-3-15-8-7-11-18-16(14-23)12-22(20(15)18)13-19(24)21(2)17-9-5-4-6-10-17/h4-12,14H,3,13H2,1-2H3. The minimum Gasteiger partial charge on any atom is -0.337 e. The Kier molecular flexibility index (Phi) is 4.47. The van der Waals surface area contributed by atoms with E-state index in [0.29, 0.717) is 5.56 Å². The molecule has 0 N–H and O–H groups in total. The Morgan fingerprint density at radius 3 is 2.54 bits per heavy atom. The summed E-state index contributed by atoms with van der Waals surface area (Å²) in [6.45, 7) is 2.28. The number of hydrogen-bond donors (Lipinski definition) is 0. The van der Waals surface area contributed by atoms with Crippen LogP contribution in [0.2, 0.25) is 0 Å². The normalized spacial score (nSPS) is 10.8. The van der Waals surface area contributed by atoms with Crippen molar-refractivity contribution in [3.05, 3.63) is 65.9 Å². The molecule has 0 spiro atoms. The topological polar surface area (TPSA) is 42.3 Å². The van der Waals surface area contributed by atoms with E-state index in [1.54, 1.807) is 18.1 Å². The Hall–Kier alpha value is -2.88. The Balaban J connectivity index is 1.98. The van der Waals surface area contributed by atoms with Crippen molar-refractivity contribution in [3.8, 4) is 0 Å². The predicted molar refractivity (Wildman–Crippen MR) is 96.6 cm³/mol. The van der Waals surface area contributed by atoms with Gasteiger partial charge >= 0.3 is 0 Å². The van der Waals surface area contributed by atoms with Gasteiger partial charge in [-0.05, 0) is 24.1 Å². The second-order valence-corrected chi connectivity index (χ2v) is 5.79. The third kappa shape index (κ3) is 2.83. The number of carbonyl (C=O) groups excluding carboxylic acids is 2. The molecule has 0 saturated carbocycles. The van der Waals surface area contributed by atoms with Crippen LogP contribution in [0.15, 0.2) is 54.7 Å². The number of para-hydroxylation sites is 2. The fourth-order valence-corrected chi connectivity index (χ4v) is 3.02. The molecule has 0 unspecified atom stereocenters. The van der Waals surface area contributed by atoms with E-state index in [9.17, 15) is 9.59 Å². The zero-order valence-corrected chi connectivity index (χ0v) is 13.9. The number of carbonyl (C=O) groups is 2. The molecule has 1 amide bonds. The highest BCUT2D eigenvalue weighted by atomic mass is 16.2. The summed E-state index contributed by atoms with van der Waals surface area (Å²) in [5, 5.41) is 0.902. The Morgan fingerprint density at radius 1 is 1.12 bits per heavy atom. The number of likely N-dealkylation sites (N-methyl/N-ethyl adjacent to an activating group) is 1. The fourth-order valence-electron chi connectivity index (χ4n) is 3.02. The second-order valence-electron chi connectivity index (χ2n) is 5.79. The van der Waals surface area contributed by atoms with Crippen LogP contribution in [-0.4, -0.2) is 23.8 Å². The van der Waals surface area contributed by atoms with Crippen molar-refractivity contribution in [3.63, 3.8) is 0 Å². The number of rotatable bonds is 5. The van der Waals surface area contributed by atoms with E-state index >= 15 is 0 Å². The lowest BCUT2D eigenvalue weighted by atomic mass is 10.1. The van der Waals surface area contributed by atoms with E-state index in [1.807, 2.05) is 53.1 Å². The molecule has 0 bridgehead atoms. The fraction of sp³-hybridized carbons (Fsp3) is 0.200. The molecule has 122 valence electrons. The van der Waals surface area contributed by atoms with E-state index < -0.39 is 0 Å². The van der Waals surface area contributed by atoms with Crippen molar-refractivity contribution in [2.75, 3.05) is 11.9 Å². The second kappa shape index (κ2) is 6.71. The maximum absolute atomic E-state index is 12.7. The number of fused-ring (bicyclic) bond motifs is 1. The van der Waals surface area contributed by atoms with Gasteiger partial charge in [0.2, 0.25) is 5.91 Å². The van der Waals surface area contributed by atoms with Crippen molar-refractivity contribution in [2.45, 2.75) is 19.9 Å². The molecule has 0 aliphatic rings. The number of aryl methyl sites for hydroxylation is 1. The van der Waals surface area contributed by atoms with Crippen LogP contribution in [-0.2, 0) is 17.8 Å². The van der Waals surface area contributed by atoms with Crippen LogP contribution in [0.1, 0.15) is 22.8 Å². The summed E-state index contributed by atoms with van der Waals surface area (Å²) < 4.78 is 1.89. The highest BCUT2D eigenvalue weighted by molar-refractivity contribution is 6.00. The molecule has 1 heterocycles. The number of amides is 1. The maximum Gasteiger partial charge on any atom is 0.246 e. The van der Waals surface area contributed by atoms with Crippen LogP contribution >= 0.6 is 0 Å². The van der Waals surface area contributed by atoms with Crippen molar-refractivity contribution in [1.29, 1.82) is 0 Å². The minimum absolute atomic E-state index is 0.0264. The van der Waals surface area contributed by atoms with E-state index in [0.717, 1.165) is 34.9 Å². The van der Waals surface area contributed by atoms with Crippen LogP contribution in [0.4, 0.5) is 5.69 Å². The molecule has 4 nitrogen and oxygen atoms in total. The van der Waals surface area contributed by atoms with Crippen molar-refractivity contribution in [1.82, 2.24) is 4.57 Å². The van der Waals surface area contributed by atoms with Crippen molar-refractivity contribution in [2.24, 2.45) is 0 Å². The lowest BCUT2D eigenvalue weighted by Crippen LogP contribution is -2.29. The van der Waals surface area contributed by atoms with Crippen LogP contribution in [0.5, 0.6) is 0 Å². The molecular weight excluding hydrogens is 300 g/mol. The molecule has 0 atom stereocenters. The lowest BCUT2D eigenvalue weighted by molar-refractivity contribution is -0.118. The minimum atomic E-state index is -0.0264. The first kappa shape index (κ1) is 16.0. The van der Waals surface area contributed by atoms with Crippen LogP contribution in [0.25, 0.3) is 10.9 Å². The van der Waals surface area contributed by atoms with Gasteiger partial charge in [-0.25, -0.2) is 0 Å². The van der Waals surface area contributed by atoms with Gasteiger partial charge in [-0.1, -0.05) is 43.3 Å². The summed E-state index contributed by atoms with van der Waals surface area (Å²) in [5.41, 5.74) is 3.58. The number of aromatic nitrogens is 1. The number of nitrogens with zero attached hydrogens (tertiary/aromatic N) is 2. The largest absolute Gasteiger partial charge is 0.337 e. The number of benzene rings is 2. The summed E-state index contributed by atoms with van der Waals surface area (Å²) >= 11 is 0. The molecule has 4 heteroatoms. The first-order valence-electron chi connectivity index (χ1n) is 8.03. The summed E-state index contributed by atoms with van der Waals surface area (Å²) in [6, 6.07) is 15.5.